The maximum absolute atomic E-state index is 5.77. The molecule has 0 radical (unpaired) electrons. The lowest BCUT2D eigenvalue weighted by Gasteiger charge is -2.39. The van der Waals surface area contributed by atoms with Gasteiger partial charge in [0.1, 0.15) is 18.1 Å². The number of methoxy groups -OCH3 is 1. The van der Waals surface area contributed by atoms with E-state index in [1.54, 1.807) is 7.11 Å². The molecule has 0 bridgehead atoms. The van der Waals surface area contributed by atoms with Gasteiger partial charge < -0.3 is 20.1 Å². The summed E-state index contributed by atoms with van der Waals surface area (Å²) in [4.78, 5) is 8.30. The van der Waals surface area contributed by atoms with E-state index in [4.69, 9.17) is 9.47 Å². The second-order valence-electron chi connectivity index (χ2n) is 7.25. The van der Waals surface area contributed by atoms with Gasteiger partial charge in [0.2, 0.25) is 0 Å². The highest BCUT2D eigenvalue weighted by atomic mass is 127. The summed E-state index contributed by atoms with van der Waals surface area (Å²) in [5.74, 6) is 3.05. The Balaban J connectivity index is 0.00000320. The molecule has 2 aromatic rings. The molecular formula is C22H33IN4O2S. The van der Waals surface area contributed by atoms with Crippen molar-refractivity contribution >= 4 is 41.3 Å². The van der Waals surface area contributed by atoms with E-state index in [1.807, 2.05) is 42.6 Å². The van der Waals surface area contributed by atoms with Crippen molar-refractivity contribution in [1.29, 1.82) is 0 Å². The molecule has 0 spiro atoms. The van der Waals surface area contributed by atoms with E-state index in [0.717, 1.165) is 30.5 Å². The predicted octanol–water partition coefficient (Wildman–Crippen LogP) is 4.00. The van der Waals surface area contributed by atoms with Crippen LogP contribution in [0.25, 0.3) is 0 Å². The molecule has 166 valence electrons. The molecule has 0 aliphatic carbocycles. The summed E-state index contributed by atoms with van der Waals surface area (Å²) in [6.45, 7) is 3.32. The lowest BCUT2D eigenvalue weighted by molar-refractivity contribution is 0.125. The number of hydrogen-bond donors (Lipinski definition) is 2. The second kappa shape index (κ2) is 13.0. The third kappa shape index (κ3) is 7.02. The Labute approximate surface area is 201 Å². The lowest BCUT2D eigenvalue weighted by atomic mass is 9.88. The summed E-state index contributed by atoms with van der Waals surface area (Å²) >= 11 is 1.85. The molecule has 6 nitrogen and oxygen atoms in total. The zero-order valence-electron chi connectivity index (χ0n) is 18.0. The van der Waals surface area contributed by atoms with Crippen molar-refractivity contribution in [1.82, 2.24) is 15.5 Å². The molecule has 30 heavy (non-hydrogen) atoms. The highest BCUT2D eigenvalue weighted by Gasteiger charge is 2.31. The van der Waals surface area contributed by atoms with Crippen LogP contribution in [0, 0.1) is 5.92 Å². The molecular weight excluding hydrogens is 511 g/mol. The molecule has 2 atom stereocenters. The third-order valence-corrected chi connectivity index (χ3v) is 6.26. The highest BCUT2D eigenvalue weighted by Crippen LogP contribution is 2.36. The maximum atomic E-state index is 5.77. The van der Waals surface area contributed by atoms with Gasteiger partial charge in [-0.05, 0) is 68.1 Å². The predicted molar refractivity (Wildman–Crippen MR) is 136 cm³/mol. The van der Waals surface area contributed by atoms with Gasteiger partial charge in [0.15, 0.2) is 5.96 Å². The topological polar surface area (TPSA) is 58.1 Å². The number of ether oxygens (including phenoxy) is 2. The number of likely N-dealkylation sites (tertiary alicyclic amines) is 1. The molecule has 3 rings (SSSR count). The first-order chi connectivity index (χ1) is 14.2. The molecule has 2 heterocycles. The van der Waals surface area contributed by atoms with Crippen molar-refractivity contribution in [3.8, 4) is 11.5 Å². The molecule has 1 aliphatic heterocycles. The summed E-state index contributed by atoms with van der Waals surface area (Å²) in [7, 11) is 5.70. The largest absolute Gasteiger partial charge is 0.497 e. The van der Waals surface area contributed by atoms with Crippen molar-refractivity contribution in [2.24, 2.45) is 10.9 Å². The number of hydrogen-bond acceptors (Lipinski definition) is 5. The number of nitrogens with one attached hydrogen (secondary N) is 2. The number of guanidine groups is 1. The Morgan fingerprint density at radius 3 is 2.63 bits per heavy atom. The SMILES string of the molecule is CN=C(NCCOc1ccc(OC)cc1)NCC1CCCN(C)C1c1cccs1.I. The number of benzene rings is 1. The van der Waals surface area contributed by atoms with Gasteiger partial charge in [-0.3, -0.25) is 9.89 Å². The Morgan fingerprint density at radius 2 is 1.97 bits per heavy atom. The van der Waals surface area contributed by atoms with Gasteiger partial charge in [-0.15, -0.1) is 35.3 Å². The average Bonchev–Trinajstić information content (AvgIpc) is 3.28. The standard InChI is InChI=1S/C22H32N4O2S.HI/c1-23-22(24-12-14-28-19-10-8-18(27-3)9-11-19)25-16-17-6-4-13-26(2)21(17)20-7-5-15-29-20;/h5,7-11,15,17,21H,4,6,12-14,16H2,1-3H3,(H2,23,24,25);1H. The fourth-order valence-corrected chi connectivity index (χ4v) is 4.82. The molecule has 0 amide bonds. The lowest BCUT2D eigenvalue weighted by Crippen LogP contribution is -2.45. The molecule has 0 saturated carbocycles. The molecule has 2 unspecified atom stereocenters. The van der Waals surface area contributed by atoms with Crippen molar-refractivity contribution in [2.45, 2.75) is 18.9 Å². The fourth-order valence-electron chi connectivity index (χ4n) is 3.84. The van der Waals surface area contributed by atoms with E-state index in [-0.39, 0.29) is 24.0 Å². The minimum atomic E-state index is 0. The van der Waals surface area contributed by atoms with E-state index in [1.165, 1.54) is 17.7 Å². The monoisotopic (exact) mass is 544 g/mol. The minimum Gasteiger partial charge on any atom is -0.497 e. The third-order valence-electron chi connectivity index (χ3n) is 5.32. The zero-order valence-corrected chi connectivity index (χ0v) is 21.1. The normalized spacial score (nSPS) is 19.6. The number of thiophene rings is 1. The average molecular weight is 545 g/mol. The Kier molecular flexibility index (Phi) is 10.7. The van der Waals surface area contributed by atoms with Crippen LogP contribution in [0.4, 0.5) is 0 Å². The van der Waals surface area contributed by atoms with E-state index in [9.17, 15) is 0 Å². The Morgan fingerprint density at radius 1 is 1.20 bits per heavy atom. The number of rotatable bonds is 8. The van der Waals surface area contributed by atoms with Crippen molar-refractivity contribution in [3.63, 3.8) is 0 Å². The smallest absolute Gasteiger partial charge is 0.191 e. The van der Waals surface area contributed by atoms with E-state index >= 15 is 0 Å². The van der Waals surface area contributed by atoms with Gasteiger partial charge in [0, 0.05) is 24.5 Å². The van der Waals surface area contributed by atoms with E-state index in [0.29, 0.717) is 25.1 Å². The molecule has 1 saturated heterocycles. The highest BCUT2D eigenvalue weighted by molar-refractivity contribution is 14.0. The Bertz CT molecular complexity index is 755. The molecule has 8 heteroatoms. The summed E-state index contributed by atoms with van der Waals surface area (Å²) in [6, 6.07) is 12.5. The first kappa shape index (κ1) is 24.7. The number of halogens is 1. The van der Waals surface area contributed by atoms with Crippen LogP contribution in [0.2, 0.25) is 0 Å². The first-order valence-corrected chi connectivity index (χ1v) is 11.0. The number of nitrogens with zero attached hydrogens (tertiary/aromatic N) is 2. The maximum Gasteiger partial charge on any atom is 0.191 e. The van der Waals surface area contributed by atoms with Gasteiger partial charge in [0.25, 0.3) is 0 Å². The second-order valence-corrected chi connectivity index (χ2v) is 8.23. The molecule has 1 aromatic heterocycles. The fraction of sp³-hybridized carbons (Fsp3) is 0.500. The van der Waals surface area contributed by atoms with Crippen LogP contribution in [0.3, 0.4) is 0 Å². The van der Waals surface area contributed by atoms with Crippen molar-refractivity contribution in [2.75, 3.05) is 47.4 Å². The van der Waals surface area contributed by atoms with Crippen LogP contribution in [0.15, 0.2) is 46.8 Å². The Hall–Kier alpha value is -1.52. The zero-order chi connectivity index (χ0) is 20.5. The quantitative estimate of drug-likeness (QED) is 0.228. The van der Waals surface area contributed by atoms with Crippen LogP contribution in [0.5, 0.6) is 11.5 Å². The first-order valence-electron chi connectivity index (χ1n) is 10.2. The van der Waals surface area contributed by atoms with Gasteiger partial charge >= 0.3 is 0 Å². The van der Waals surface area contributed by atoms with Gasteiger partial charge in [0.05, 0.1) is 13.7 Å². The van der Waals surface area contributed by atoms with E-state index in [2.05, 4.69) is 45.1 Å². The minimum absolute atomic E-state index is 0. The summed E-state index contributed by atoms with van der Waals surface area (Å²) in [5.41, 5.74) is 0. The van der Waals surface area contributed by atoms with E-state index < -0.39 is 0 Å². The number of piperidine rings is 1. The van der Waals surface area contributed by atoms with Crippen LogP contribution < -0.4 is 20.1 Å². The molecule has 1 aliphatic rings. The van der Waals surface area contributed by atoms with Gasteiger partial charge in [-0.25, -0.2) is 0 Å². The molecule has 1 aromatic carbocycles. The van der Waals surface area contributed by atoms with Gasteiger partial charge in [-0.1, -0.05) is 6.07 Å². The van der Waals surface area contributed by atoms with Crippen LogP contribution in [-0.2, 0) is 0 Å². The van der Waals surface area contributed by atoms with Crippen LogP contribution in [-0.4, -0.2) is 58.3 Å². The molecule has 1 fully saturated rings. The van der Waals surface area contributed by atoms with Crippen LogP contribution >= 0.6 is 35.3 Å². The molecule has 2 N–H and O–H groups in total. The summed E-state index contributed by atoms with van der Waals surface area (Å²) < 4.78 is 10.9. The van der Waals surface area contributed by atoms with Crippen LogP contribution in [0.1, 0.15) is 23.8 Å². The summed E-state index contributed by atoms with van der Waals surface area (Å²) in [6.07, 6.45) is 2.48. The summed E-state index contributed by atoms with van der Waals surface area (Å²) in [5, 5.41) is 9.02. The van der Waals surface area contributed by atoms with Gasteiger partial charge in [-0.2, -0.15) is 0 Å². The number of aliphatic imine (C=N–C) groups is 1. The van der Waals surface area contributed by atoms with Crippen molar-refractivity contribution < 1.29 is 9.47 Å². The van der Waals surface area contributed by atoms with Crippen molar-refractivity contribution in [3.05, 3.63) is 46.7 Å².